The number of aryl methyl sites for hydroxylation is 1. The van der Waals surface area contributed by atoms with Crippen LogP contribution >= 0.6 is 0 Å². The molecule has 3 aromatic rings. The molecule has 8 nitrogen and oxygen atoms in total. The number of carbonyl (C=O) groups is 1. The molecular weight excluding hydrogens is 368 g/mol. The normalized spacial score (nSPS) is 18.3. The molecular formula is C21H26N6O2. The van der Waals surface area contributed by atoms with Gasteiger partial charge in [-0.1, -0.05) is 17.3 Å². The highest BCUT2D eigenvalue weighted by Crippen LogP contribution is 2.26. The van der Waals surface area contributed by atoms with Gasteiger partial charge >= 0.3 is 0 Å². The number of hydrogen-bond acceptors (Lipinski definition) is 6. The molecule has 2 aliphatic rings. The minimum Gasteiger partial charge on any atom is -0.354 e. The van der Waals surface area contributed by atoms with Gasteiger partial charge in [0.05, 0.1) is 22.8 Å². The zero-order valence-electron chi connectivity index (χ0n) is 16.8. The molecule has 2 aromatic heterocycles. The van der Waals surface area contributed by atoms with Gasteiger partial charge in [0.2, 0.25) is 0 Å². The highest BCUT2D eigenvalue weighted by molar-refractivity contribution is 5.95. The van der Waals surface area contributed by atoms with Crippen LogP contribution in [0.5, 0.6) is 0 Å². The van der Waals surface area contributed by atoms with E-state index < -0.39 is 0 Å². The van der Waals surface area contributed by atoms with Gasteiger partial charge in [0, 0.05) is 52.9 Å². The maximum absolute atomic E-state index is 12.9. The Balaban J connectivity index is 1.18. The topological polar surface area (TPSA) is 70.6 Å². The summed E-state index contributed by atoms with van der Waals surface area (Å²) in [5.74, 6) is 1.06. The van der Waals surface area contributed by atoms with Gasteiger partial charge in [-0.2, -0.15) is 5.10 Å². The van der Waals surface area contributed by atoms with Crippen molar-refractivity contribution >= 4 is 22.7 Å². The van der Waals surface area contributed by atoms with Gasteiger partial charge in [0.25, 0.3) is 5.91 Å². The minimum atomic E-state index is 0.123. The molecule has 2 aliphatic heterocycles. The Morgan fingerprint density at radius 2 is 1.90 bits per heavy atom. The van der Waals surface area contributed by atoms with Gasteiger partial charge in [-0.3, -0.25) is 14.4 Å². The SMILES string of the molecule is Cn1ncc2c1CCCN(CCN1CCN(c3noc4ccccc34)CC1)C2=O. The summed E-state index contributed by atoms with van der Waals surface area (Å²) in [6.45, 7) is 6.23. The van der Waals surface area contributed by atoms with E-state index in [1.54, 1.807) is 6.20 Å². The van der Waals surface area contributed by atoms with E-state index in [1.165, 1.54) is 0 Å². The molecule has 0 spiro atoms. The quantitative estimate of drug-likeness (QED) is 0.672. The number of hydrogen-bond donors (Lipinski definition) is 0. The van der Waals surface area contributed by atoms with E-state index in [9.17, 15) is 4.79 Å². The second-order valence-corrected chi connectivity index (χ2v) is 7.86. The molecule has 8 heteroatoms. The Morgan fingerprint density at radius 3 is 2.76 bits per heavy atom. The van der Waals surface area contributed by atoms with Crippen molar-refractivity contribution in [3.63, 3.8) is 0 Å². The molecule has 1 saturated heterocycles. The highest BCUT2D eigenvalue weighted by Gasteiger charge is 2.26. The lowest BCUT2D eigenvalue weighted by molar-refractivity contribution is 0.0739. The van der Waals surface area contributed by atoms with Crippen molar-refractivity contribution in [3.05, 3.63) is 41.7 Å². The smallest absolute Gasteiger partial charge is 0.257 e. The molecule has 0 N–H and O–H groups in total. The Hall–Kier alpha value is -2.87. The van der Waals surface area contributed by atoms with Crippen LogP contribution in [-0.2, 0) is 13.5 Å². The van der Waals surface area contributed by atoms with Gasteiger partial charge in [-0.15, -0.1) is 0 Å². The number of nitrogens with zero attached hydrogens (tertiary/aromatic N) is 6. The van der Waals surface area contributed by atoms with Crippen LogP contribution in [-0.4, -0.2) is 76.5 Å². The number of benzene rings is 1. The lowest BCUT2D eigenvalue weighted by Gasteiger charge is -2.35. The highest BCUT2D eigenvalue weighted by atomic mass is 16.5. The van der Waals surface area contributed by atoms with Crippen LogP contribution < -0.4 is 4.90 Å². The van der Waals surface area contributed by atoms with Crippen LogP contribution in [0.4, 0.5) is 5.82 Å². The summed E-state index contributed by atoms with van der Waals surface area (Å²) in [6.07, 6.45) is 3.63. The Bertz CT molecular complexity index is 1020. The third kappa shape index (κ3) is 3.37. The van der Waals surface area contributed by atoms with Crippen LogP contribution in [0.25, 0.3) is 11.0 Å². The summed E-state index contributed by atoms with van der Waals surface area (Å²) in [6, 6.07) is 8.00. The molecule has 0 radical (unpaired) electrons. The fourth-order valence-corrected chi connectivity index (χ4v) is 4.41. The molecule has 0 saturated carbocycles. The predicted molar refractivity (Wildman–Crippen MR) is 110 cm³/mol. The van der Waals surface area contributed by atoms with E-state index in [0.717, 1.165) is 86.7 Å². The lowest BCUT2D eigenvalue weighted by atomic mass is 10.2. The third-order valence-electron chi connectivity index (χ3n) is 6.14. The van der Waals surface area contributed by atoms with Gasteiger partial charge in [-0.05, 0) is 25.0 Å². The Kier molecular flexibility index (Phi) is 4.71. The van der Waals surface area contributed by atoms with Crippen LogP contribution in [0.15, 0.2) is 35.0 Å². The number of aromatic nitrogens is 3. The van der Waals surface area contributed by atoms with Crippen molar-refractivity contribution in [3.8, 4) is 0 Å². The van der Waals surface area contributed by atoms with E-state index in [4.69, 9.17) is 4.52 Å². The third-order valence-corrected chi connectivity index (χ3v) is 6.14. The summed E-state index contributed by atoms with van der Waals surface area (Å²) in [7, 11) is 1.92. The van der Waals surface area contributed by atoms with Gasteiger partial charge in [0.1, 0.15) is 0 Å². The number of piperazine rings is 1. The molecule has 1 fully saturated rings. The van der Waals surface area contributed by atoms with Gasteiger partial charge in [0.15, 0.2) is 11.4 Å². The number of rotatable bonds is 4. The zero-order valence-corrected chi connectivity index (χ0v) is 16.8. The lowest BCUT2D eigenvalue weighted by Crippen LogP contribution is -2.49. The number of amides is 1. The number of carbonyl (C=O) groups excluding carboxylic acids is 1. The van der Waals surface area contributed by atoms with E-state index in [0.29, 0.717) is 0 Å². The summed E-state index contributed by atoms with van der Waals surface area (Å²) >= 11 is 0. The first-order valence-electron chi connectivity index (χ1n) is 10.3. The first-order chi connectivity index (χ1) is 14.2. The first-order valence-corrected chi connectivity index (χ1v) is 10.3. The van der Waals surface area contributed by atoms with E-state index >= 15 is 0 Å². The number of fused-ring (bicyclic) bond motifs is 2. The van der Waals surface area contributed by atoms with E-state index in [-0.39, 0.29) is 5.91 Å². The first kappa shape index (κ1) is 18.2. The van der Waals surface area contributed by atoms with Crippen molar-refractivity contribution in [2.24, 2.45) is 7.05 Å². The van der Waals surface area contributed by atoms with Crippen molar-refractivity contribution in [1.29, 1.82) is 0 Å². The molecule has 0 bridgehead atoms. The Labute approximate surface area is 169 Å². The van der Waals surface area contributed by atoms with Crippen molar-refractivity contribution in [1.82, 2.24) is 24.7 Å². The second kappa shape index (κ2) is 7.51. The van der Waals surface area contributed by atoms with Crippen LogP contribution in [0.1, 0.15) is 22.5 Å². The molecule has 1 aromatic carbocycles. The van der Waals surface area contributed by atoms with Crippen molar-refractivity contribution in [2.45, 2.75) is 12.8 Å². The summed E-state index contributed by atoms with van der Waals surface area (Å²) in [5, 5.41) is 9.62. The van der Waals surface area contributed by atoms with Crippen molar-refractivity contribution < 1.29 is 9.32 Å². The minimum absolute atomic E-state index is 0.123. The van der Waals surface area contributed by atoms with Gasteiger partial charge < -0.3 is 14.3 Å². The predicted octanol–water partition coefficient (Wildman–Crippen LogP) is 1.77. The van der Waals surface area contributed by atoms with Crippen molar-refractivity contribution in [2.75, 3.05) is 50.7 Å². The van der Waals surface area contributed by atoms with E-state index in [2.05, 4.69) is 26.1 Å². The molecule has 0 atom stereocenters. The monoisotopic (exact) mass is 394 g/mol. The standard InChI is InChI=1S/C21H26N6O2/c1-24-18-6-4-8-27(21(28)17(18)15-22-24)14-11-25-9-12-26(13-10-25)20-16-5-2-3-7-19(16)29-23-20/h2-3,5,7,15H,4,6,8-14H2,1H3. The fraction of sp³-hybridized carbons (Fsp3) is 0.476. The number of para-hydroxylation sites is 1. The second-order valence-electron chi connectivity index (χ2n) is 7.86. The van der Waals surface area contributed by atoms with Crippen LogP contribution in [0, 0.1) is 0 Å². The molecule has 29 heavy (non-hydrogen) atoms. The molecule has 0 unspecified atom stereocenters. The largest absolute Gasteiger partial charge is 0.354 e. The molecule has 1 amide bonds. The summed E-state index contributed by atoms with van der Waals surface area (Å²) in [5.41, 5.74) is 2.66. The fourth-order valence-electron chi connectivity index (χ4n) is 4.41. The zero-order chi connectivity index (χ0) is 19.8. The summed E-state index contributed by atoms with van der Waals surface area (Å²) in [4.78, 5) is 19.6. The Morgan fingerprint density at radius 1 is 1.07 bits per heavy atom. The molecule has 4 heterocycles. The molecule has 5 rings (SSSR count). The average Bonchev–Trinajstić information content (AvgIpc) is 3.30. The maximum atomic E-state index is 12.9. The van der Waals surface area contributed by atoms with E-state index in [1.807, 2.05) is 34.8 Å². The average molecular weight is 394 g/mol. The molecule has 152 valence electrons. The molecule has 0 aliphatic carbocycles. The summed E-state index contributed by atoms with van der Waals surface area (Å²) < 4.78 is 7.29. The van der Waals surface area contributed by atoms with Crippen LogP contribution in [0.2, 0.25) is 0 Å². The van der Waals surface area contributed by atoms with Crippen LogP contribution in [0.3, 0.4) is 0 Å². The number of anilines is 1. The maximum Gasteiger partial charge on any atom is 0.257 e. The van der Waals surface area contributed by atoms with Gasteiger partial charge in [-0.25, -0.2) is 0 Å².